The second-order valence-corrected chi connectivity index (χ2v) is 4.46. The van der Waals surface area contributed by atoms with Crippen molar-refractivity contribution >= 4 is 0 Å². The maximum absolute atomic E-state index is 11.4. The number of aromatic amines is 1. The number of hydrogen-bond donors (Lipinski definition) is 2. The van der Waals surface area contributed by atoms with E-state index in [9.17, 15) is 4.79 Å². The van der Waals surface area contributed by atoms with Gasteiger partial charge in [-0.3, -0.25) is 4.79 Å². The maximum Gasteiger partial charge on any atom is 0.251 e. The third-order valence-corrected chi connectivity index (χ3v) is 2.19. The van der Waals surface area contributed by atoms with Gasteiger partial charge >= 0.3 is 0 Å². The van der Waals surface area contributed by atoms with Gasteiger partial charge in [0.2, 0.25) is 0 Å². The lowest BCUT2D eigenvalue weighted by molar-refractivity contribution is 0.546. The van der Waals surface area contributed by atoms with Crippen molar-refractivity contribution in [3.8, 4) is 0 Å². The maximum atomic E-state index is 11.4. The largest absolute Gasteiger partial charge is 0.311 e. The van der Waals surface area contributed by atoms with Gasteiger partial charge in [-0.2, -0.15) is 0 Å². The van der Waals surface area contributed by atoms with Gasteiger partial charge in [0.1, 0.15) is 5.82 Å². The van der Waals surface area contributed by atoms with Crippen LogP contribution in [0, 0.1) is 5.92 Å². The van der Waals surface area contributed by atoms with Crippen LogP contribution in [-0.4, -0.2) is 16.5 Å². The predicted molar refractivity (Wildman–Crippen MR) is 65.4 cm³/mol. The highest BCUT2D eigenvalue weighted by Crippen LogP contribution is 1.96. The number of aryl methyl sites for hydroxylation is 1. The van der Waals surface area contributed by atoms with Crippen LogP contribution in [0.25, 0.3) is 0 Å². The van der Waals surface area contributed by atoms with E-state index in [1.165, 1.54) is 0 Å². The Balaban J connectivity index is 2.61. The van der Waals surface area contributed by atoms with Gasteiger partial charge in [0.05, 0.1) is 5.69 Å². The van der Waals surface area contributed by atoms with Gasteiger partial charge in [-0.05, 0) is 18.9 Å². The van der Waals surface area contributed by atoms with Crippen molar-refractivity contribution in [2.45, 2.75) is 40.2 Å². The summed E-state index contributed by atoms with van der Waals surface area (Å²) in [5, 5.41) is 3.28. The van der Waals surface area contributed by atoms with Crippen LogP contribution < -0.4 is 10.9 Å². The van der Waals surface area contributed by atoms with E-state index in [0.717, 1.165) is 30.9 Å². The average molecular weight is 223 g/mol. The van der Waals surface area contributed by atoms with Crippen LogP contribution in [0.2, 0.25) is 0 Å². The molecule has 1 aromatic heterocycles. The Bertz CT molecular complexity index is 371. The Morgan fingerprint density at radius 1 is 1.50 bits per heavy atom. The molecule has 4 nitrogen and oxygen atoms in total. The number of nitrogens with zero attached hydrogens (tertiary/aromatic N) is 1. The molecule has 0 atom stereocenters. The van der Waals surface area contributed by atoms with E-state index in [4.69, 9.17) is 0 Å². The van der Waals surface area contributed by atoms with Crippen LogP contribution in [0.5, 0.6) is 0 Å². The minimum Gasteiger partial charge on any atom is -0.311 e. The van der Waals surface area contributed by atoms with E-state index in [0.29, 0.717) is 12.5 Å². The van der Waals surface area contributed by atoms with Crippen LogP contribution in [0.3, 0.4) is 0 Å². The Kier molecular flexibility index (Phi) is 5.19. The van der Waals surface area contributed by atoms with E-state index in [2.05, 4.69) is 36.1 Å². The topological polar surface area (TPSA) is 57.8 Å². The zero-order valence-corrected chi connectivity index (χ0v) is 10.3. The van der Waals surface area contributed by atoms with Gasteiger partial charge in [0.15, 0.2) is 0 Å². The van der Waals surface area contributed by atoms with Crippen molar-refractivity contribution in [3.63, 3.8) is 0 Å². The molecule has 0 amide bonds. The van der Waals surface area contributed by atoms with Crippen LogP contribution in [0.4, 0.5) is 0 Å². The van der Waals surface area contributed by atoms with Gasteiger partial charge in [0, 0.05) is 19.0 Å². The minimum absolute atomic E-state index is 0.0557. The first-order valence-electron chi connectivity index (χ1n) is 5.91. The molecule has 1 heterocycles. The van der Waals surface area contributed by atoms with Crippen molar-refractivity contribution in [3.05, 3.63) is 27.9 Å². The molecular formula is C12H21N3O. The molecule has 0 aliphatic rings. The molecule has 0 aliphatic carbocycles. The Labute approximate surface area is 96.5 Å². The molecule has 0 unspecified atom stereocenters. The minimum atomic E-state index is -0.0557. The molecule has 4 heteroatoms. The van der Waals surface area contributed by atoms with Gasteiger partial charge in [-0.15, -0.1) is 0 Å². The summed E-state index contributed by atoms with van der Waals surface area (Å²) >= 11 is 0. The van der Waals surface area contributed by atoms with Gasteiger partial charge < -0.3 is 10.3 Å². The molecule has 0 saturated carbocycles. The predicted octanol–water partition coefficient (Wildman–Crippen LogP) is 1.47. The lowest BCUT2D eigenvalue weighted by Crippen LogP contribution is -2.22. The number of rotatable bonds is 6. The highest BCUT2D eigenvalue weighted by molar-refractivity contribution is 5.02. The summed E-state index contributed by atoms with van der Waals surface area (Å²) < 4.78 is 0. The van der Waals surface area contributed by atoms with E-state index in [1.807, 2.05) is 0 Å². The van der Waals surface area contributed by atoms with Crippen molar-refractivity contribution in [2.24, 2.45) is 5.92 Å². The molecule has 1 rings (SSSR count). The summed E-state index contributed by atoms with van der Waals surface area (Å²) in [6.45, 7) is 7.99. The fourth-order valence-corrected chi connectivity index (χ4v) is 1.50. The molecule has 0 spiro atoms. The zero-order chi connectivity index (χ0) is 12.0. The van der Waals surface area contributed by atoms with E-state index >= 15 is 0 Å². The molecule has 0 saturated heterocycles. The monoisotopic (exact) mass is 223 g/mol. The molecule has 0 aromatic carbocycles. The van der Waals surface area contributed by atoms with Crippen LogP contribution in [-0.2, 0) is 13.0 Å². The quantitative estimate of drug-likeness (QED) is 0.767. The first-order valence-corrected chi connectivity index (χ1v) is 5.91. The van der Waals surface area contributed by atoms with Gasteiger partial charge in [-0.1, -0.05) is 20.8 Å². The lowest BCUT2D eigenvalue weighted by Gasteiger charge is -2.07. The Morgan fingerprint density at radius 3 is 2.88 bits per heavy atom. The summed E-state index contributed by atoms with van der Waals surface area (Å²) in [5.74, 6) is 1.40. The number of hydrogen-bond acceptors (Lipinski definition) is 3. The van der Waals surface area contributed by atoms with Crippen LogP contribution >= 0.6 is 0 Å². The lowest BCUT2D eigenvalue weighted by atomic mass is 10.2. The third-order valence-electron chi connectivity index (χ3n) is 2.19. The standard InChI is InChI=1S/C12H21N3O/c1-4-5-11-14-10(6-12(16)15-11)8-13-7-9(2)3/h6,9,13H,4-5,7-8H2,1-3H3,(H,14,15,16). The molecule has 0 aliphatic heterocycles. The molecule has 1 aromatic rings. The van der Waals surface area contributed by atoms with Gasteiger partial charge in [0.25, 0.3) is 5.56 Å². The normalized spacial score (nSPS) is 11.0. The van der Waals surface area contributed by atoms with Crippen molar-refractivity contribution in [2.75, 3.05) is 6.54 Å². The molecule has 0 radical (unpaired) electrons. The fraction of sp³-hybridized carbons (Fsp3) is 0.667. The summed E-state index contributed by atoms with van der Waals surface area (Å²) in [4.78, 5) is 18.5. The van der Waals surface area contributed by atoms with Crippen molar-refractivity contribution in [1.29, 1.82) is 0 Å². The highest BCUT2D eigenvalue weighted by Gasteiger charge is 2.01. The summed E-state index contributed by atoms with van der Waals surface area (Å²) in [5.41, 5.74) is 0.771. The number of nitrogens with one attached hydrogen (secondary N) is 2. The fourth-order valence-electron chi connectivity index (χ4n) is 1.50. The van der Waals surface area contributed by atoms with Crippen molar-refractivity contribution in [1.82, 2.24) is 15.3 Å². The third kappa shape index (κ3) is 4.57. The second-order valence-electron chi connectivity index (χ2n) is 4.46. The second kappa shape index (κ2) is 6.43. The summed E-state index contributed by atoms with van der Waals surface area (Å²) in [6, 6.07) is 1.56. The van der Waals surface area contributed by atoms with Crippen LogP contribution in [0.1, 0.15) is 38.7 Å². The first kappa shape index (κ1) is 12.9. The zero-order valence-electron chi connectivity index (χ0n) is 10.3. The smallest absolute Gasteiger partial charge is 0.251 e. The summed E-state index contributed by atoms with van der Waals surface area (Å²) in [6.07, 6.45) is 1.82. The molecule has 0 bridgehead atoms. The summed E-state index contributed by atoms with van der Waals surface area (Å²) in [7, 11) is 0. The molecule has 90 valence electrons. The molecule has 0 fully saturated rings. The Morgan fingerprint density at radius 2 is 2.25 bits per heavy atom. The van der Waals surface area contributed by atoms with E-state index in [-0.39, 0.29) is 5.56 Å². The van der Waals surface area contributed by atoms with E-state index < -0.39 is 0 Å². The van der Waals surface area contributed by atoms with E-state index in [1.54, 1.807) is 6.07 Å². The number of H-pyrrole nitrogens is 1. The first-order chi connectivity index (χ1) is 7.61. The molecule has 16 heavy (non-hydrogen) atoms. The SMILES string of the molecule is CCCc1nc(CNCC(C)C)cc(=O)[nH]1. The highest BCUT2D eigenvalue weighted by atomic mass is 16.1. The van der Waals surface area contributed by atoms with Crippen LogP contribution in [0.15, 0.2) is 10.9 Å². The number of aromatic nitrogens is 2. The Hall–Kier alpha value is -1.16. The molecular weight excluding hydrogens is 202 g/mol. The van der Waals surface area contributed by atoms with Crippen molar-refractivity contribution < 1.29 is 0 Å². The average Bonchev–Trinajstić information content (AvgIpc) is 2.16. The molecule has 2 N–H and O–H groups in total. The van der Waals surface area contributed by atoms with Gasteiger partial charge in [-0.25, -0.2) is 4.98 Å².